The lowest BCUT2D eigenvalue weighted by Crippen LogP contribution is -2.09. The molecule has 0 spiro atoms. The maximum absolute atomic E-state index is 11.4. The minimum atomic E-state index is -0.905. The third-order valence-electron chi connectivity index (χ3n) is 4.22. The summed E-state index contributed by atoms with van der Waals surface area (Å²) in [6.07, 6.45) is -0.0796. The molecule has 0 fully saturated rings. The van der Waals surface area contributed by atoms with E-state index in [4.69, 9.17) is 4.74 Å². The van der Waals surface area contributed by atoms with Gasteiger partial charge < -0.3 is 14.9 Å². The number of nitrogens with zero attached hydrogens (tertiary/aromatic N) is 3. The van der Waals surface area contributed by atoms with E-state index in [2.05, 4.69) is 10.3 Å². The van der Waals surface area contributed by atoms with E-state index >= 15 is 0 Å². The number of hydrogen-bond acceptors (Lipinski definition) is 5. The second kappa shape index (κ2) is 6.90. The molecule has 3 rings (SSSR count). The van der Waals surface area contributed by atoms with Crippen LogP contribution in [0.2, 0.25) is 0 Å². The highest BCUT2D eigenvalue weighted by molar-refractivity contribution is 5.83. The molecule has 0 aliphatic rings. The summed E-state index contributed by atoms with van der Waals surface area (Å²) in [4.78, 5) is 11.4. The Morgan fingerprint density at radius 1 is 1.28 bits per heavy atom. The number of fused-ring (bicyclic) bond motifs is 1. The third-order valence-corrected chi connectivity index (χ3v) is 4.22. The number of ether oxygens (including phenoxy) is 1. The lowest BCUT2D eigenvalue weighted by Gasteiger charge is -2.18. The summed E-state index contributed by atoms with van der Waals surface area (Å²) in [5.74, 6) is -0.699. The largest absolute Gasteiger partial charge is 0.494 e. The number of benzene rings is 2. The van der Waals surface area contributed by atoms with Crippen molar-refractivity contribution in [1.82, 2.24) is 15.0 Å². The Morgan fingerprint density at radius 3 is 2.76 bits per heavy atom. The first-order valence-corrected chi connectivity index (χ1v) is 7.82. The Labute approximate surface area is 144 Å². The summed E-state index contributed by atoms with van der Waals surface area (Å²) in [6.45, 7) is -0.0971. The zero-order chi connectivity index (χ0) is 18.0. The summed E-state index contributed by atoms with van der Waals surface area (Å²) in [6, 6.07) is 11.0. The van der Waals surface area contributed by atoms with E-state index in [0.717, 1.165) is 22.2 Å². The standard InChI is InChI=1S/C18H19N3O4/c1-21-18-15(19-20-21)7-13(8-16(18)25-2)14(9-17(23)24)12-5-3-4-11(6-12)10-22/h3-8,14,22H,9-10H2,1-2H3,(H,23,24). The molecule has 7 heteroatoms. The predicted octanol–water partition coefficient (Wildman–Crippen LogP) is 2.08. The molecule has 130 valence electrons. The van der Waals surface area contributed by atoms with Gasteiger partial charge in [0, 0.05) is 13.0 Å². The normalized spacial score (nSPS) is 12.3. The fraction of sp³-hybridized carbons (Fsp3) is 0.278. The maximum atomic E-state index is 11.4. The number of hydrogen-bond donors (Lipinski definition) is 2. The van der Waals surface area contributed by atoms with Gasteiger partial charge in [-0.1, -0.05) is 29.5 Å². The van der Waals surface area contributed by atoms with Crippen molar-refractivity contribution in [2.75, 3.05) is 7.11 Å². The van der Waals surface area contributed by atoms with Crippen molar-refractivity contribution in [2.45, 2.75) is 18.9 Å². The number of carboxylic acids is 1. The Kier molecular flexibility index (Phi) is 4.67. The molecule has 1 aromatic heterocycles. The van der Waals surface area contributed by atoms with Crippen molar-refractivity contribution in [3.63, 3.8) is 0 Å². The van der Waals surface area contributed by atoms with Gasteiger partial charge in [-0.05, 0) is 28.8 Å². The van der Waals surface area contributed by atoms with Crippen LogP contribution in [-0.4, -0.2) is 38.3 Å². The molecule has 1 atom stereocenters. The highest BCUT2D eigenvalue weighted by Crippen LogP contribution is 2.34. The summed E-state index contributed by atoms with van der Waals surface area (Å²) >= 11 is 0. The average Bonchev–Trinajstić information content (AvgIpc) is 3.00. The van der Waals surface area contributed by atoms with Gasteiger partial charge in [-0.15, -0.1) is 5.10 Å². The minimum absolute atomic E-state index is 0.0796. The van der Waals surface area contributed by atoms with Crippen LogP contribution in [0.15, 0.2) is 36.4 Å². The number of carbonyl (C=O) groups is 1. The van der Waals surface area contributed by atoms with Crippen molar-refractivity contribution >= 4 is 17.0 Å². The number of carboxylic acid groups (broad SMARTS) is 1. The molecule has 0 aliphatic heterocycles. The van der Waals surface area contributed by atoms with Gasteiger partial charge in [0.1, 0.15) is 16.8 Å². The van der Waals surface area contributed by atoms with Crippen LogP contribution in [0.5, 0.6) is 5.75 Å². The van der Waals surface area contributed by atoms with Crippen LogP contribution in [0.25, 0.3) is 11.0 Å². The van der Waals surface area contributed by atoms with Crippen molar-refractivity contribution in [2.24, 2.45) is 7.05 Å². The van der Waals surface area contributed by atoms with Gasteiger partial charge in [0.05, 0.1) is 20.1 Å². The van der Waals surface area contributed by atoms with Crippen LogP contribution >= 0.6 is 0 Å². The SMILES string of the molecule is COc1cc(C(CC(=O)O)c2cccc(CO)c2)cc2nnn(C)c12. The number of methoxy groups -OCH3 is 1. The molecule has 2 aromatic carbocycles. The molecule has 25 heavy (non-hydrogen) atoms. The zero-order valence-corrected chi connectivity index (χ0v) is 14.0. The summed E-state index contributed by atoms with van der Waals surface area (Å²) in [5, 5.41) is 26.9. The van der Waals surface area contributed by atoms with Crippen LogP contribution in [0.4, 0.5) is 0 Å². The molecule has 7 nitrogen and oxygen atoms in total. The van der Waals surface area contributed by atoms with Crippen LogP contribution in [-0.2, 0) is 18.4 Å². The van der Waals surface area contributed by atoms with E-state index in [9.17, 15) is 15.0 Å². The van der Waals surface area contributed by atoms with Gasteiger partial charge in [0.25, 0.3) is 0 Å². The van der Waals surface area contributed by atoms with Crippen LogP contribution in [0, 0.1) is 0 Å². The molecule has 0 saturated heterocycles. The lowest BCUT2D eigenvalue weighted by molar-refractivity contribution is -0.137. The Hall–Kier alpha value is -2.93. The van der Waals surface area contributed by atoms with Gasteiger partial charge in [0.2, 0.25) is 0 Å². The Balaban J connectivity index is 2.15. The van der Waals surface area contributed by atoms with Gasteiger partial charge >= 0.3 is 5.97 Å². The summed E-state index contributed by atoms with van der Waals surface area (Å²) in [5.41, 5.74) is 3.73. The third kappa shape index (κ3) is 3.32. The van der Waals surface area contributed by atoms with Gasteiger partial charge in [-0.3, -0.25) is 4.79 Å². The Bertz CT molecular complexity index is 920. The van der Waals surface area contributed by atoms with E-state index in [0.29, 0.717) is 11.3 Å². The second-order valence-corrected chi connectivity index (χ2v) is 5.86. The molecule has 0 aliphatic carbocycles. The van der Waals surface area contributed by atoms with Crippen molar-refractivity contribution < 1.29 is 19.7 Å². The van der Waals surface area contributed by atoms with Gasteiger partial charge in [-0.25, -0.2) is 4.68 Å². The van der Waals surface area contributed by atoms with E-state index in [1.807, 2.05) is 30.3 Å². The number of aromatic nitrogens is 3. The predicted molar refractivity (Wildman–Crippen MR) is 91.5 cm³/mol. The zero-order valence-electron chi connectivity index (χ0n) is 14.0. The number of aryl methyl sites for hydroxylation is 1. The molecule has 1 heterocycles. The molecule has 1 unspecified atom stereocenters. The maximum Gasteiger partial charge on any atom is 0.304 e. The number of rotatable bonds is 6. The van der Waals surface area contributed by atoms with Crippen LogP contribution < -0.4 is 4.74 Å². The molecule has 0 radical (unpaired) electrons. The average molecular weight is 341 g/mol. The molecule has 2 N–H and O–H groups in total. The second-order valence-electron chi connectivity index (χ2n) is 5.86. The molecular weight excluding hydrogens is 322 g/mol. The lowest BCUT2D eigenvalue weighted by atomic mass is 9.87. The van der Waals surface area contributed by atoms with Crippen molar-refractivity contribution in [3.05, 3.63) is 53.1 Å². The minimum Gasteiger partial charge on any atom is -0.494 e. The van der Waals surface area contributed by atoms with Crippen LogP contribution in [0.3, 0.4) is 0 Å². The highest BCUT2D eigenvalue weighted by Gasteiger charge is 2.21. The summed E-state index contributed by atoms with van der Waals surface area (Å²) in [7, 11) is 3.33. The monoisotopic (exact) mass is 341 g/mol. The number of aliphatic hydroxyl groups excluding tert-OH is 1. The first kappa shape index (κ1) is 16.9. The van der Waals surface area contributed by atoms with Crippen molar-refractivity contribution in [1.29, 1.82) is 0 Å². The number of aliphatic carboxylic acids is 1. The quantitative estimate of drug-likeness (QED) is 0.712. The summed E-state index contributed by atoms with van der Waals surface area (Å²) < 4.78 is 7.08. The van der Waals surface area contributed by atoms with Gasteiger partial charge in [0.15, 0.2) is 0 Å². The van der Waals surface area contributed by atoms with Gasteiger partial charge in [-0.2, -0.15) is 0 Å². The van der Waals surface area contributed by atoms with E-state index < -0.39 is 5.97 Å². The molecule has 0 saturated carbocycles. The first-order valence-electron chi connectivity index (χ1n) is 7.82. The number of aliphatic hydroxyl groups is 1. The molecule has 0 amide bonds. The van der Waals surface area contributed by atoms with E-state index in [1.54, 1.807) is 24.9 Å². The fourth-order valence-corrected chi connectivity index (χ4v) is 3.04. The van der Waals surface area contributed by atoms with E-state index in [1.165, 1.54) is 0 Å². The van der Waals surface area contributed by atoms with Crippen LogP contribution in [0.1, 0.15) is 29.0 Å². The smallest absolute Gasteiger partial charge is 0.304 e. The Morgan fingerprint density at radius 2 is 2.08 bits per heavy atom. The molecule has 0 bridgehead atoms. The highest BCUT2D eigenvalue weighted by atomic mass is 16.5. The molecular formula is C18H19N3O4. The molecule has 3 aromatic rings. The topological polar surface area (TPSA) is 97.5 Å². The fourth-order valence-electron chi connectivity index (χ4n) is 3.04. The first-order chi connectivity index (χ1) is 12.0. The van der Waals surface area contributed by atoms with E-state index in [-0.39, 0.29) is 18.9 Å². The van der Waals surface area contributed by atoms with Crippen molar-refractivity contribution in [3.8, 4) is 5.75 Å².